The molecule has 2 nitrogen and oxygen atoms in total. The molecule has 0 spiro atoms. The van der Waals surface area contributed by atoms with E-state index in [9.17, 15) is 0 Å². The van der Waals surface area contributed by atoms with E-state index in [4.69, 9.17) is 17.3 Å². The maximum absolute atomic E-state index is 5.92. The minimum atomic E-state index is 0.0612. The summed E-state index contributed by atoms with van der Waals surface area (Å²) in [6.45, 7) is 2.11. The Hall–Kier alpha value is -0.120. The molecule has 1 rings (SSSR count). The van der Waals surface area contributed by atoms with Gasteiger partial charge in [-0.2, -0.15) is 0 Å². The van der Waals surface area contributed by atoms with Crippen LogP contribution >= 0.6 is 27.5 Å². The Bertz CT molecular complexity index is 291. The Labute approximate surface area is 91.6 Å². The van der Waals surface area contributed by atoms with Gasteiger partial charge in [0.2, 0.25) is 0 Å². The van der Waals surface area contributed by atoms with Gasteiger partial charge in [-0.15, -0.1) is 0 Å². The molecule has 1 heterocycles. The Morgan fingerprint density at radius 2 is 2.38 bits per heavy atom. The minimum Gasteiger partial charge on any atom is -0.324 e. The van der Waals surface area contributed by atoms with Gasteiger partial charge in [0.15, 0.2) is 0 Å². The van der Waals surface area contributed by atoms with Crippen molar-refractivity contribution in [3.05, 3.63) is 27.5 Å². The zero-order valence-corrected chi connectivity index (χ0v) is 9.77. The summed E-state index contributed by atoms with van der Waals surface area (Å²) in [5, 5.41) is 0.479. The molecule has 1 unspecified atom stereocenters. The minimum absolute atomic E-state index is 0.0612. The van der Waals surface area contributed by atoms with Crippen molar-refractivity contribution in [1.82, 2.24) is 4.98 Å². The molecule has 0 bridgehead atoms. The van der Waals surface area contributed by atoms with Crippen LogP contribution < -0.4 is 5.73 Å². The molecule has 0 radical (unpaired) electrons. The third kappa shape index (κ3) is 2.93. The van der Waals surface area contributed by atoms with Gasteiger partial charge >= 0.3 is 0 Å². The van der Waals surface area contributed by atoms with Gasteiger partial charge in [0, 0.05) is 12.2 Å². The van der Waals surface area contributed by atoms with Crippen LogP contribution in [0.5, 0.6) is 0 Å². The van der Waals surface area contributed by atoms with E-state index in [2.05, 4.69) is 27.8 Å². The van der Waals surface area contributed by atoms with Crippen LogP contribution in [-0.4, -0.2) is 4.98 Å². The van der Waals surface area contributed by atoms with Gasteiger partial charge < -0.3 is 5.73 Å². The monoisotopic (exact) mass is 262 g/mol. The summed E-state index contributed by atoms with van der Waals surface area (Å²) in [7, 11) is 0. The Balaban J connectivity index is 2.84. The zero-order valence-electron chi connectivity index (χ0n) is 7.43. The molecule has 2 N–H and O–H groups in total. The highest BCUT2D eigenvalue weighted by Gasteiger charge is 2.07. The molecule has 0 fully saturated rings. The van der Waals surface area contributed by atoms with Crippen molar-refractivity contribution in [1.29, 1.82) is 0 Å². The van der Waals surface area contributed by atoms with Gasteiger partial charge in [0.05, 0.1) is 4.47 Å². The molecule has 0 saturated carbocycles. The van der Waals surface area contributed by atoms with Crippen LogP contribution in [0.15, 0.2) is 16.7 Å². The van der Waals surface area contributed by atoms with E-state index < -0.39 is 0 Å². The molecule has 0 saturated heterocycles. The summed E-state index contributed by atoms with van der Waals surface area (Å²) in [5.74, 6) is 0. The molecular formula is C9H12BrClN2. The highest BCUT2D eigenvalue weighted by Crippen LogP contribution is 2.24. The molecule has 0 aliphatic heterocycles. The number of nitrogens with zero attached hydrogens (tertiary/aromatic N) is 1. The quantitative estimate of drug-likeness (QED) is 0.850. The van der Waals surface area contributed by atoms with Crippen molar-refractivity contribution in [2.75, 3.05) is 0 Å². The first-order chi connectivity index (χ1) is 6.15. The van der Waals surface area contributed by atoms with Crippen LogP contribution in [0.25, 0.3) is 0 Å². The summed E-state index contributed by atoms with van der Waals surface area (Å²) in [5.41, 5.74) is 6.95. The number of rotatable bonds is 3. The van der Waals surface area contributed by atoms with E-state index >= 15 is 0 Å². The Morgan fingerprint density at radius 1 is 1.69 bits per heavy atom. The fraction of sp³-hybridized carbons (Fsp3) is 0.444. The van der Waals surface area contributed by atoms with Crippen LogP contribution in [-0.2, 0) is 0 Å². The smallest absolute Gasteiger partial charge is 0.143 e. The third-order valence-electron chi connectivity index (χ3n) is 1.85. The van der Waals surface area contributed by atoms with Crippen molar-refractivity contribution in [3.8, 4) is 0 Å². The number of nitrogens with two attached hydrogens (primary N) is 1. The highest BCUT2D eigenvalue weighted by molar-refractivity contribution is 9.10. The van der Waals surface area contributed by atoms with Crippen molar-refractivity contribution < 1.29 is 0 Å². The van der Waals surface area contributed by atoms with Crippen molar-refractivity contribution in [2.24, 2.45) is 5.73 Å². The lowest BCUT2D eigenvalue weighted by Crippen LogP contribution is -2.09. The Kier molecular flexibility index (Phi) is 4.16. The third-order valence-corrected chi connectivity index (χ3v) is 2.98. The standard InChI is InChI=1S/C9H12BrClN2/c1-2-3-8(12)6-4-7(10)9(11)13-5-6/h4-5,8H,2-3,12H2,1H3. The molecular weight excluding hydrogens is 251 g/mol. The van der Waals surface area contributed by atoms with Gasteiger partial charge in [0.25, 0.3) is 0 Å². The first-order valence-electron chi connectivity index (χ1n) is 4.21. The second-order valence-corrected chi connectivity index (χ2v) is 4.15. The van der Waals surface area contributed by atoms with Gasteiger partial charge in [0.1, 0.15) is 5.15 Å². The van der Waals surface area contributed by atoms with E-state index in [1.165, 1.54) is 0 Å². The fourth-order valence-electron chi connectivity index (χ4n) is 1.12. The second-order valence-electron chi connectivity index (χ2n) is 2.94. The van der Waals surface area contributed by atoms with Crippen LogP contribution in [0.2, 0.25) is 5.15 Å². The predicted molar refractivity (Wildman–Crippen MR) is 58.8 cm³/mol. The molecule has 0 aliphatic rings. The van der Waals surface area contributed by atoms with Crippen molar-refractivity contribution >= 4 is 27.5 Å². The first-order valence-corrected chi connectivity index (χ1v) is 5.38. The van der Waals surface area contributed by atoms with E-state index in [0.717, 1.165) is 22.9 Å². The van der Waals surface area contributed by atoms with E-state index in [0.29, 0.717) is 5.15 Å². The number of hydrogen-bond donors (Lipinski definition) is 1. The van der Waals surface area contributed by atoms with Crippen molar-refractivity contribution in [2.45, 2.75) is 25.8 Å². The Morgan fingerprint density at radius 3 is 2.92 bits per heavy atom. The van der Waals surface area contributed by atoms with Gasteiger partial charge in [-0.25, -0.2) is 4.98 Å². The highest BCUT2D eigenvalue weighted by atomic mass is 79.9. The van der Waals surface area contributed by atoms with Gasteiger partial charge in [-0.1, -0.05) is 24.9 Å². The number of halogens is 2. The lowest BCUT2D eigenvalue weighted by Gasteiger charge is -2.10. The summed E-state index contributed by atoms with van der Waals surface area (Å²) in [6.07, 6.45) is 3.77. The predicted octanol–water partition coefficient (Wildman–Crippen LogP) is 3.30. The van der Waals surface area contributed by atoms with Crippen molar-refractivity contribution in [3.63, 3.8) is 0 Å². The summed E-state index contributed by atoms with van der Waals surface area (Å²) < 4.78 is 0.804. The average Bonchev–Trinajstić information content (AvgIpc) is 2.10. The summed E-state index contributed by atoms with van der Waals surface area (Å²) in [4.78, 5) is 4.02. The molecule has 0 aliphatic carbocycles. The maximum Gasteiger partial charge on any atom is 0.143 e. The zero-order chi connectivity index (χ0) is 9.84. The van der Waals surface area contributed by atoms with Crippen LogP contribution in [0.3, 0.4) is 0 Å². The van der Waals surface area contributed by atoms with Gasteiger partial charge in [-0.3, -0.25) is 0 Å². The molecule has 0 aromatic carbocycles. The molecule has 72 valence electrons. The normalized spacial score (nSPS) is 12.9. The SMILES string of the molecule is CCCC(N)c1cnc(Cl)c(Br)c1. The maximum atomic E-state index is 5.92. The molecule has 4 heteroatoms. The summed E-state index contributed by atoms with van der Waals surface area (Å²) >= 11 is 9.08. The van der Waals surface area contributed by atoms with E-state index in [1.807, 2.05) is 6.07 Å². The fourth-order valence-corrected chi connectivity index (χ4v) is 1.59. The molecule has 1 atom stereocenters. The number of aromatic nitrogens is 1. The second kappa shape index (κ2) is 4.94. The first kappa shape index (κ1) is 11.0. The van der Waals surface area contributed by atoms with E-state index in [-0.39, 0.29) is 6.04 Å². The molecule has 0 amide bonds. The lowest BCUT2D eigenvalue weighted by molar-refractivity contribution is 0.636. The lowest BCUT2D eigenvalue weighted by atomic mass is 10.1. The van der Waals surface area contributed by atoms with Crippen LogP contribution in [0.1, 0.15) is 31.4 Å². The average molecular weight is 264 g/mol. The van der Waals surface area contributed by atoms with Gasteiger partial charge in [-0.05, 0) is 34.0 Å². The summed E-state index contributed by atoms with van der Waals surface area (Å²) in [6, 6.07) is 1.99. The van der Waals surface area contributed by atoms with E-state index in [1.54, 1.807) is 6.20 Å². The van der Waals surface area contributed by atoms with Crippen LogP contribution in [0, 0.1) is 0 Å². The number of hydrogen-bond acceptors (Lipinski definition) is 2. The molecule has 1 aromatic rings. The topological polar surface area (TPSA) is 38.9 Å². The molecule has 1 aromatic heterocycles. The number of pyridine rings is 1. The van der Waals surface area contributed by atoms with Crippen LogP contribution in [0.4, 0.5) is 0 Å². The largest absolute Gasteiger partial charge is 0.324 e. The molecule has 13 heavy (non-hydrogen) atoms.